The Labute approximate surface area is 94.4 Å². The van der Waals surface area contributed by atoms with Gasteiger partial charge in [-0.3, -0.25) is 4.79 Å². The van der Waals surface area contributed by atoms with E-state index < -0.39 is 0 Å². The van der Waals surface area contributed by atoms with Crippen molar-refractivity contribution >= 4 is 5.78 Å². The molecule has 0 spiro atoms. The van der Waals surface area contributed by atoms with Crippen LogP contribution >= 0.6 is 0 Å². The van der Waals surface area contributed by atoms with Gasteiger partial charge in [-0.1, -0.05) is 0 Å². The summed E-state index contributed by atoms with van der Waals surface area (Å²) in [5.74, 6) is 2.10. The molecule has 1 aromatic rings. The number of ketones is 1. The van der Waals surface area contributed by atoms with Crippen molar-refractivity contribution in [2.24, 2.45) is 0 Å². The lowest BCUT2D eigenvalue weighted by Crippen LogP contribution is -2.03. The second kappa shape index (κ2) is 3.24. The van der Waals surface area contributed by atoms with E-state index in [4.69, 9.17) is 9.47 Å². The van der Waals surface area contributed by atoms with E-state index in [0.29, 0.717) is 5.78 Å². The van der Waals surface area contributed by atoms with Crippen LogP contribution in [0.15, 0.2) is 12.1 Å². The van der Waals surface area contributed by atoms with E-state index in [2.05, 4.69) is 0 Å². The first kappa shape index (κ1) is 9.70. The van der Waals surface area contributed by atoms with Crippen LogP contribution in [-0.2, 0) is 4.79 Å². The number of hydrogen-bond acceptors (Lipinski definition) is 3. The summed E-state index contributed by atoms with van der Waals surface area (Å²) < 4.78 is 10.7. The summed E-state index contributed by atoms with van der Waals surface area (Å²) in [5.41, 5.74) is 2.14. The molecule has 1 saturated carbocycles. The van der Waals surface area contributed by atoms with Gasteiger partial charge < -0.3 is 9.47 Å². The zero-order chi connectivity index (χ0) is 11.3. The molecule has 16 heavy (non-hydrogen) atoms. The van der Waals surface area contributed by atoms with Gasteiger partial charge in [0.25, 0.3) is 0 Å². The highest BCUT2D eigenvalue weighted by atomic mass is 16.5. The van der Waals surface area contributed by atoms with E-state index in [-0.39, 0.29) is 11.8 Å². The highest BCUT2D eigenvalue weighted by molar-refractivity contribution is 6.00. The third kappa shape index (κ3) is 1.01. The van der Waals surface area contributed by atoms with Gasteiger partial charge in [0.1, 0.15) is 17.3 Å². The molecular formula is C13H14O3. The molecule has 1 aromatic carbocycles. The number of methoxy groups -OCH3 is 2. The van der Waals surface area contributed by atoms with E-state index >= 15 is 0 Å². The molecule has 0 amide bonds. The zero-order valence-corrected chi connectivity index (χ0v) is 9.45. The van der Waals surface area contributed by atoms with Crippen LogP contribution < -0.4 is 9.47 Å². The molecule has 0 radical (unpaired) electrons. The maximum absolute atomic E-state index is 12.0. The van der Waals surface area contributed by atoms with Gasteiger partial charge in [-0.25, -0.2) is 0 Å². The van der Waals surface area contributed by atoms with Gasteiger partial charge in [-0.2, -0.15) is 0 Å². The van der Waals surface area contributed by atoms with Gasteiger partial charge in [0, 0.05) is 23.0 Å². The van der Waals surface area contributed by atoms with Crippen molar-refractivity contribution in [3.05, 3.63) is 23.3 Å². The number of ether oxygens (including phenoxy) is 2. The standard InChI is InChI=1S/C13H14O3/c1-15-9-5-6-10(16-2)12-8-4-3-7(11(9)12)13(8)14/h5-8H,3-4H2,1-2H3/t7-,8-/m0/s1. The predicted octanol–water partition coefficient (Wildman–Crippen LogP) is 2.25. The molecule has 0 N–H and O–H groups in total. The quantitative estimate of drug-likeness (QED) is 0.763. The van der Waals surface area contributed by atoms with Crippen LogP contribution in [0, 0.1) is 0 Å². The average molecular weight is 218 g/mol. The second-order valence-corrected chi connectivity index (χ2v) is 4.38. The lowest BCUT2D eigenvalue weighted by atomic mass is 9.90. The molecule has 2 aliphatic rings. The Hall–Kier alpha value is -1.51. The molecule has 2 bridgehead atoms. The summed E-state index contributed by atoms with van der Waals surface area (Å²) in [6.45, 7) is 0. The normalized spacial score (nSPS) is 25.8. The fraction of sp³-hybridized carbons (Fsp3) is 0.462. The molecule has 2 atom stereocenters. The highest BCUT2D eigenvalue weighted by Gasteiger charge is 2.48. The summed E-state index contributed by atoms with van der Waals surface area (Å²) in [6, 6.07) is 3.79. The Morgan fingerprint density at radius 1 is 1.00 bits per heavy atom. The van der Waals surface area contributed by atoms with E-state index in [9.17, 15) is 4.79 Å². The summed E-state index contributed by atoms with van der Waals surface area (Å²) in [6.07, 6.45) is 1.92. The fourth-order valence-corrected chi connectivity index (χ4v) is 3.11. The Morgan fingerprint density at radius 2 is 1.44 bits per heavy atom. The van der Waals surface area contributed by atoms with Crippen molar-refractivity contribution in [2.75, 3.05) is 14.2 Å². The number of carbonyl (C=O) groups excluding carboxylic acids is 1. The summed E-state index contributed by atoms with van der Waals surface area (Å²) in [4.78, 5) is 12.0. The van der Waals surface area contributed by atoms with E-state index in [1.807, 2.05) is 12.1 Å². The molecule has 0 saturated heterocycles. The van der Waals surface area contributed by atoms with Gasteiger partial charge in [0.15, 0.2) is 0 Å². The Balaban J connectivity index is 2.26. The van der Waals surface area contributed by atoms with E-state index in [1.165, 1.54) is 0 Å². The molecule has 3 heteroatoms. The molecule has 3 nitrogen and oxygen atoms in total. The molecule has 84 valence electrons. The van der Waals surface area contributed by atoms with E-state index in [1.54, 1.807) is 14.2 Å². The molecule has 1 fully saturated rings. The second-order valence-electron chi connectivity index (χ2n) is 4.38. The number of carbonyl (C=O) groups is 1. The molecule has 3 rings (SSSR count). The van der Waals surface area contributed by atoms with Crippen LogP contribution in [0.4, 0.5) is 0 Å². The highest BCUT2D eigenvalue weighted by Crippen LogP contribution is 2.56. The number of hydrogen-bond donors (Lipinski definition) is 0. The Bertz CT molecular complexity index is 423. The van der Waals surface area contributed by atoms with Crippen molar-refractivity contribution in [1.29, 1.82) is 0 Å². The molecule has 0 unspecified atom stereocenters. The van der Waals surface area contributed by atoms with Gasteiger partial charge >= 0.3 is 0 Å². The third-order valence-corrected chi connectivity index (χ3v) is 3.77. The van der Waals surface area contributed by atoms with Crippen LogP contribution in [0.2, 0.25) is 0 Å². The van der Waals surface area contributed by atoms with Crippen LogP contribution in [0.3, 0.4) is 0 Å². The average Bonchev–Trinajstić information content (AvgIpc) is 2.82. The first-order chi connectivity index (χ1) is 7.77. The smallest absolute Gasteiger partial charge is 0.148 e. The SMILES string of the molecule is COc1ccc(OC)c2c1[C@@H]1CC[C@@H]2C1=O. The van der Waals surface area contributed by atoms with Gasteiger partial charge in [0.05, 0.1) is 14.2 Å². The monoisotopic (exact) mass is 218 g/mol. The number of Topliss-reactive ketones (excluding diaryl/α,β-unsaturated/α-hetero) is 1. The van der Waals surface area contributed by atoms with Crippen LogP contribution in [0.5, 0.6) is 11.5 Å². The van der Waals surface area contributed by atoms with Crippen LogP contribution in [0.25, 0.3) is 0 Å². The Morgan fingerprint density at radius 3 is 1.81 bits per heavy atom. The summed E-state index contributed by atoms with van der Waals surface area (Å²) in [7, 11) is 3.30. The lowest BCUT2D eigenvalue weighted by Gasteiger charge is -2.19. The summed E-state index contributed by atoms with van der Waals surface area (Å²) in [5, 5.41) is 0. The van der Waals surface area contributed by atoms with Crippen molar-refractivity contribution < 1.29 is 14.3 Å². The first-order valence-electron chi connectivity index (χ1n) is 5.56. The number of fused-ring (bicyclic) bond motifs is 5. The Kier molecular flexibility index (Phi) is 1.96. The zero-order valence-electron chi connectivity index (χ0n) is 9.45. The minimum absolute atomic E-state index is 0.0463. The minimum atomic E-state index is 0.0463. The summed E-state index contributed by atoms with van der Waals surface area (Å²) >= 11 is 0. The minimum Gasteiger partial charge on any atom is -0.496 e. The third-order valence-electron chi connectivity index (χ3n) is 3.77. The van der Waals surface area contributed by atoms with Crippen molar-refractivity contribution in [3.63, 3.8) is 0 Å². The molecule has 2 aliphatic carbocycles. The molecule has 0 heterocycles. The largest absolute Gasteiger partial charge is 0.496 e. The van der Waals surface area contributed by atoms with Crippen LogP contribution in [-0.4, -0.2) is 20.0 Å². The van der Waals surface area contributed by atoms with Crippen molar-refractivity contribution in [1.82, 2.24) is 0 Å². The fourth-order valence-electron chi connectivity index (χ4n) is 3.11. The van der Waals surface area contributed by atoms with Crippen molar-refractivity contribution in [2.45, 2.75) is 24.7 Å². The van der Waals surface area contributed by atoms with Crippen LogP contribution in [0.1, 0.15) is 35.8 Å². The number of rotatable bonds is 2. The lowest BCUT2D eigenvalue weighted by molar-refractivity contribution is -0.119. The molecule has 0 aliphatic heterocycles. The number of benzene rings is 1. The van der Waals surface area contributed by atoms with Crippen molar-refractivity contribution in [3.8, 4) is 11.5 Å². The molecule has 0 aromatic heterocycles. The van der Waals surface area contributed by atoms with Gasteiger partial charge in [0.2, 0.25) is 0 Å². The first-order valence-corrected chi connectivity index (χ1v) is 5.56. The van der Waals surface area contributed by atoms with Gasteiger partial charge in [-0.05, 0) is 25.0 Å². The maximum atomic E-state index is 12.0. The van der Waals surface area contributed by atoms with E-state index in [0.717, 1.165) is 35.5 Å². The topological polar surface area (TPSA) is 35.5 Å². The maximum Gasteiger partial charge on any atom is 0.148 e. The molecular weight excluding hydrogens is 204 g/mol. The predicted molar refractivity (Wildman–Crippen MR) is 59.3 cm³/mol. The van der Waals surface area contributed by atoms with Gasteiger partial charge in [-0.15, -0.1) is 0 Å².